The van der Waals surface area contributed by atoms with Crippen molar-refractivity contribution in [1.29, 1.82) is 0 Å². The zero-order chi connectivity index (χ0) is 12.0. The molecule has 0 heterocycles. The molecule has 1 atom stereocenters. The molecule has 4 heteroatoms. The lowest BCUT2D eigenvalue weighted by Gasteiger charge is -2.21. The molecule has 1 aliphatic rings. The molecule has 94 valence electrons. The molecule has 2 N–H and O–H groups in total. The molecule has 0 aliphatic heterocycles. The Labute approximate surface area is 97.3 Å². The van der Waals surface area contributed by atoms with Crippen LogP contribution in [0.3, 0.4) is 0 Å². The number of aliphatic carboxylic acids is 1. The second-order valence-corrected chi connectivity index (χ2v) is 4.95. The minimum atomic E-state index is -0.934. The monoisotopic (exact) mass is 229 g/mol. The Morgan fingerprint density at radius 2 is 2.06 bits per heavy atom. The molecule has 0 aromatic rings. The van der Waals surface area contributed by atoms with E-state index in [0.717, 1.165) is 12.5 Å². The fourth-order valence-corrected chi connectivity index (χ4v) is 2.42. The Kier molecular flexibility index (Phi) is 5.77. The van der Waals surface area contributed by atoms with Crippen molar-refractivity contribution in [3.05, 3.63) is 0 Å². The van der Waals surface area contributed by atoms with Gasteiger partial charge in [-0.3, -0.25) is 4.79 Å². The number of aliphatic hydroxyl groups is 1. The maximum absolute atomic E-state index is 10.4. The first-order valence-electron chi connectivity index (χ1n) is 6.16. The van der Waals surface area contributed by atoms with E-state index in [1.807, 2.05) is 11.9 Å². The van der Waals surface area contributed by atoms with Gasteiger partial charge in [-0.05, 0) is 25.9 Å². The first-order valence-corrected chi connectivity index (χ1v) is 6.16. The Morgan fingerprint density at radius 3 is 2.62 bits per heavy atom. The van der Waals surface area contributed by atoms with Crippen LogP contribution in [-0.2, 0) is 4.79 Å². The third-order valence-electron chi connectivity index (χ3n) is 3.33. The molecule has 1 rings (SSSR count). The van der Waals surface area contributed by atoms with E-state index in [4.69, 9.17) is 5.11 Å². The molecule has 1 unspecified atom stereocenters. The molecule has 0 bridgehead atoms. The van der Waals surface area contributed by atoms with Crippen molar-refractivity contribution < 1.29 is 15.0 Å². The highest BCUT2D eigenvalue weighted by Gasteiger charge is 2.17. The van der Waals surface area contributed by atoms with Gasteiger partial charge in [0, 0.05) is 6.54 Å². The van der Waals surface area contributed by atoms with Gasteiger partial charge in [0.1, 0.15) is 0 Å². The van der Waals surface area contributed by atoms with Crippen molar-refractivity contribution in [2.75, 3.05) is 20.1 Å². The highest BCUT2D eigenvalue weighted by atomic mass is 16.4. The summed E-state index contributed by atoms with van der Waals surface area (Å²) in [6.07, 6.45) is 5.67. The summed E-state index contributed by atoms with van der Waals surface area (Å²) >= 11 is 0. The fourth-order valence-electron chi connectivity index (χ4n) is 2.42. The Hall–Kier alpha value is -0.610. The lowest BCUT2D eigenvalue weighted by molar-refractivity contribution is -0.139. The number of hydrogen-bond donors (Lipinski definition) is 2. The number of hydrogen-bond acceptors (Lipinski definition) is 3. The standard InChI is InChI=1S/C12H23NO3/c1-13(9-11(14)8-12(15)16)7-6-10-4-2-3-5-10/h10-11,14H,2-9H2,1H3,(H,15,16). The van der Waals surface area contributed by atoms with Crippen molar-refractivity contribution in [3.63, 3.8) is 0 Å². The van der Waals surface area contributed by atoms with E-state index in [-0.39, 0.29) is 6.42 Å². The number of carboxylic acid groups (broad SMARTS) is 1. The third kappa shape index (κ3) is 5.47. The van der Waals surface area contributed by atoms with E-state index in [1.54, 1.807) is 0 Å². The maximum Gasteiger partial charge on any atom is 0.306 e. The number of likely N-dealkylation sites (N-methyl/N-ethyl adjacent to an activating group) is 1. The third-order valence-corrected chi connectivity index (χ3v) is 3.33. The van der Waals surface area contributed by atoms with Crippen LogP contribution in [-0.4, -0.2) is 47.3 Å². The normalized spacial score (nSPS) is 19.2. The van der Waals surface area contributed by atoms with E-state index in [2.05, 4.69) is 0 Å². The molecule has 0 saturated heterocycles. The summed E-state index contributed by atoms with van der Waals surface area (Å²) in [4.78, 5) is 12.4. The van der Waals surface area contributed by atoms with Gasteiger partial charge in [0.25, 0.3) is 0 Å². The molecule has 4 nitrogen and oxygen atoms in total. The molecule has 16 heavy (non-hydrogen) atoms. The summed E-state index contributed by atoms with van der Waals surface area (Å²) in [5.74, 6) is -0.0873. The smallest absolute Gasteiger partial charge is 0.306 e. The number of aliphatic hydroxyl groups excluding tert-OH is 1. The summed E-state index contributed by atoms with van der Waals surface area (Å²) in [6, 6.07) is 0. The van der Waals surface area contributed by atoms with Gasteiger partial charge in [-0.15, -0.1) is 0 Å². The van der Waals surface area contributed by atoms with Gasteiger partial charge in [0.2, 0.25) is 0 Å². The zero-order valence-electron chi connectivity index (χ0n) is 10.1. The second-order valence-electron chi connectivity index (χ2n) is 4.95. The summed E-state index contributed by atoms with van der Waals surface area (Å²) < 4.78 is 0. The van der Waals surface area contributed by atoms with Gasteiger partial charge in [0.05, 0.1) is 12.5 Å². The van der Waals surface area contributed by atoms with Gasteiger partial charge >= 0.3 is 5.97 Å². The molecule has 1 fully saturated rings. The number of carbonyl (C=O) groups is 1. The van der Waals surface area contributed by atoms with Crippen molar-refractivity contribution in [2.45, 2.75) is 44.6 Å². The SMILES string of the molecule is CN(CCC1CCCC1)CC(O)CC(=O)O. The van der Waals surface area contributed by atoms with Crippen molar-refractivity contribution in [1.82, 2.24) is 4.90 Å². The zero-order valence-corrected chi connectivity index (χ0v) is 10.1. The van der Waals surface area contributed by atoms with Crippen LogP contribution in [0.2, 0.25) is 0 Å². The van der Waals surface area contributed by atoms with Crippen LogP contribution in [0.5, 0.6) is 0 Å². The molecular formula is C12H23NO3. The predicted octanol–water partition coefficient (Wildman–Crippen LogP) is 1.33. The molecule has 0 aromatic heterocycles. The molecule has 0 radical (unpaired) electrons. The van der Waals surface area contributed by atoms with Crippen molar-refractivity contribution >= 4 is 5.97 Å². The fraction of sp³-hybridized carbons (Fsp3) is 0.917. The average molecular weight is 229 g/mol. The van der Waals surface area contributed by atoms with Crippen LogP contribution in [0.15, 0.2) is 0 Å². The Morgan fingerprint density at radius 1 is 1.44 bits per heavy atom. The van der Waals surface area contributed by atoms with Crippen LogP contribution < -0.4 is 0 Å². The predicted molar refractivity (Wildman–Crippen MR) is 62.3 cm³/mol. The van der Waals surface area contributed by atoms with Gasteiger partial charge in [-0.2, -0.15) is 0 Å². The largest absolute Gasteiger partial charge is 0.481 e. The first-order chi connectivity index (χ1) is 7.58. The Balaban J connectivity index is 2.09. The first kappa shape index (κ1) is 13.5. The summed E-state index contributed by atoms with van der Waals surface area (Å²) in [5, 5.41) is 18.0. The highest BCUT2D eigenvalue weighted by molar-refractivity contribution is 5.67. The summed E-state index contributed by atoms with van der Waals surface area (Å²) in [6.45, 7) is 1.42. The van der Waals surface area contributed by atoms with Crippen LogP contribution in [0.4, 0.5) is 0 Å². The quantitative estimate of drug-likeness (QED) is 0.691. The minimum absolute atomic E-state index is 0.159. The van der Waals surface area contributed by atoms with Crippen molar-refractivity contribution in [2.24, 2.45) is 5.92 Å². The van der Waals surface area contributed by atoms with E-state index >= 15 is 0 Å². The van der Waals surface area contributed by atoms with Crippen LogP contribution >= 0.6 is 0 Å². The molecule has 0 spiro atoms. The van der Waals surface area contributed by atoms with Gasteiger partial charge in [0.15, 0.2) is 0 Å². The second kappa shape index (κ2) is 6.86. The van der Waals surface area contributed by atoms with Gasteiger partial charge in [-0.1, -0.05) is 25.7 Å². The lowest BCUT2D eigenvalue weighted by atomic mass is 10.0. The molecule has 1 aliphatic carbocycles. The van der Waals surface area contributed by atoms with E-state index < -0.39 is 12.1 Å². The van der Waals surface area contributed by atoms with E-state index in [9.17, 15) is 9.90 Å². The molecule has 0 aromatic carbocycles. The van der Waals surface area contributed by atoms with E-state index in [1.165, 1.54) is 32.1 Å². The van der Waals surface area contributed by atoms with E-state index in [0.29, 0.717) is 6.54 Å². The minimum Gasteiger partial charge on any atom is -0.481 e. The summed E-state index contributed by atoms with van der Waals surface area (Å²) in [5.41, 5.74) is 0. The number of nitrogens with zero attached hydrogens (tertiary/aromatic N) is 1. The highest BCUT2D eigenvalue weighted by Crippen LogP contribution is 2.27. The molecule has 1 saturated carbocycles. The summed E-state index contributed by atoms with van der Waals surface area (Å²) in [7, 11) is 1.94. The topological polar surface area (TPSA) is 60.8 Å². The average Bonchev–Trinajstić information content (AvgIpc) is 2.65. The van der Waals surface area contributed by atoms with Crippen LogP contribution in [0.1, 0.15) is 38.5 Å². The number of carboxylic acids is 1. The molecule has 0 amide bonds. The van der Waals surface area contributed by atoms with Gasteiger partial charge in [-0.25, -0.2) is 0 Å². The van der Waals surface area contributed by atoms with Gasteiger partial charge < -0.3 is 15.1 Å². The lowest BCUT2D eigenvalue weighted by Crippen LogP contribution is -2.32. The maximum atomic E-state index is 10.4. The van der Waals surface area contributed by atoms with Crippen molar-refractivity contribution in [3.8, 4) is 0 Å². The number of rotatable bonds is 7. The van der Waals surface area contributed by atoms with Crippen LogP contribution in [0, 0.1) is 5.92 Å². The van der Waals surface area contributed by atoms with Crippen LogP contribution in [0.25, 0.3) is 0 Å². The Bertz CT molecular complexity index is 214. The molecular weight excluding hydrogens is 206 g/mol.